The first-order valence-electron chi connectivity index (χ1n) is 6.45. The van der Waals surface area contributed by atoms with Crippen molar-refractivity contribution >= 4 is 23.4 Å². The molecule has 2 atom stereocenters. The van der Waals surface area contributed by atoms with Crippen molar-refractivity contribution < 1.29 is 14.3 Å². The van der Waals surface area contributed by atoms with Crippen molar-refractivity contribution in [3.05, 3.63) is 34.9 Å². The Morgan fingerprint density at radius 1 is 1.45 bits per heavy atom. The Morgan fingerprint density at radius 3 is 2.70 bits per heavy atom. The molecule has 2 rings (SSSR count). The second-order valence-electron chi connectivity index (χ2n) is 4.63. The lowest BCUT2D eigenvalue weighted by molar-refractivity contribution is -0.162. The molecular formula is C14H17ClN2O3. The summed E-state index contributed by atoms with van der Waals surface area (Å²) in [6.45, 7) is 2.28. The van der Waals surface area contributed by atoms with Crippen LogP contribution >= 0.6 is 11.6 Å². The lowest BCUT2D eigenvalue weighted by Gasteiger charge is -2.38. The van der Waals surface area contributed by atoms with Gasteiger partial charge in [-0.05, 0) is 24.6 Å². The van der Waals surface area contributed by atoms with Crippen LogP contribution in [0.15, 0.2) is 24.3 Å². The van der Waals surface area contributed by atoms with Crippen molar-refractivity contribution in [3.8, 4) is 0 Å². The topological polar surface area (TPSA) is 58.6 Å². The second-order valence-corrected chi connectivity index (χ2v) is 5.06. The number of nitrogens with zero attached hydrogens (tertiary/aromatic N) is 1. The second kappa shape index (κ2) is 6.24. The minimum Gasteiger partial charge on any atom is -0.356 e. The van der Waals surface area contributed by atoms with Gasteiger partial charge in [0.15, 0.2) is 6.10 Å². The van der Waals surface area contributed by atoms with E-state index in [0.29, 0.717) is 11.6 Å². The van der Waals surface area contributed by atoms with Crippen LogP contribution in [-0.2, 0) is 14.3 Å². The number of hydrogen-bond donors (Lipinski definition) is 1. The lowest BCUT2D eigenvalue weighted by Crippen LogP contribution is -2.53. The fraction of sp³-hybridized carbons (Fsp3) is 0.429. The smallest absolute Gasteiger partial charge is 0.251 e. The zero-order valence-electron chi connectivity index (χ0n) is 11.4. The average molecular weight is 297 g/mol. The number of ether oxygens (including phenoxy) is 1. The summed E-state index contributed by atoms with van der Waals surface area (Å²) in [7, 11) is 1.68. The van der Waals surface area contributed by atoms with Gasteiger partial charge in [0.1, 0.15) is 6.61 Å². The third-order valence-corrected chi connectivity index (χ3v) is 3.56. The van der Waals surface area contributed by atoms with Gasteiger partial charge in [0, 0.05) is 18.6 Å². The molecule has 2 amide bonds. The predicted octanol–water partition coefficient (Wildman–Crippen LogP) is 1.37. The summed E-state index contributed by atoms with van der Waals surface area (Å²) in [5.74, 6) is -0.364. The Hall–Kier alpha value is -1.59. The van der Waals surface area contributed by atoms with E-state index in [4.69, 9.17) is 16.3 Å². The van der Waals surface area contributed by atoms with E-state index in [1.54, 1.807) is 36.2 Å². The Balaban J connectivity index is 2.32. The number of hydrogen-bond acceptors (Lipinski definition) is 3. The third-order valence-electron chi connectivity index (χ3n) is 3.30. The molecule has 1 aliphatic rings. The van der Waals surface area contributed by atoms with Gasteiger partial charge < -0.3 is 15.0 Å². The molecule has 0 aromatic heterocycles. The fourth-order valence-corrected chi connectivity index (χ4v) is 2.39. The highest BCUT2D eigenvalue weighted by molar-refractivity contribution is 6.30. The molecule has 1 aromatic rings. The maximum Gasteiger partial charge on any atom is 0.251 e. The van der Waals surface area contributed by atoms with E-state index in [9.17, 15) is 9.59 Å². The minimum atomic E-state index is -0.709. The monoisotopic (exact) mass is 296 g/mol. The minimum absolute atomic E-state index is 0.0810. The molecule has 1 aromatic carbocycles. The van der Waals surface area contributed by atoms with Crippen molar-refractivity contribution in [3.63, 3.8) is 0 Å². The van der Waals surface area contributed by atoms with Crippen LogP contribution in [0.4, 0.5) is 0 Å². The highest BCUT2D eigenvalue weighted by atomic mass is 35.5. The number of benzene rings is 1. The predicted molar refractivity (Wildman–Crippen MR) is 75.4 cm³/mol. The number of nitrogens with one attached hydrogen (secondary N) is 1. The van der Waals surface area contributed by atoms with Crippen molar-refractivity contribution in [1.29, 1.82) is 0 Å². The Bertz CT molecular complexity index is 504. The van der Waals surface area contributed by atoms with E-state index in [2.05, 4.69) is 5.32 Å². The maximum atomic E-state index is 12.1. The number of morpholine rings is 1. The SMILES string of the molecule is CCNC(=O)C1OCC(=O)N(C)C1c1ccc(Cl)cc1. The fourth-order valence-electron chi connectivity index (χ4n) is 2.26. The van der Waals surface area contributed by atoms with E-state index in [1.807, 2.05) is 6.92 Å². The van der Waals surface area contributed by atoms with E-state index >= 15 is 0 Å². The molecule has 1 aliphatic heterocycles. The van der Waals surface area contributed by atoms with E-state index in [-0.39, 0.29) is 18.4 Å². The van der Waals surface area contributed by atoms with Gasteiger partial charge in [-0.3, -0.25) is 9.59 Å². The molecule has 0 saturated carbocycles. The molecular weight excluding hydrogens is 280 g/mol. The molecule has 20 heavy (non-hydrogen) atoms. The number of carbonyl (C=O) groups is 2. The van der Waals surface area contributed by atoms with Crippen molar-refractivity contribution in [1.82, 2.24) is 10.2 Å². The van der Waals surface area contributed by atoms with Gasteiger partial charge in [0.05, 0.1) is 6.04 Å². The summed E-state index contributed by atoms with van der Waals surface area (Å²) in [5.41, 5.74) is 0.821. The van der Waals surface area contributed by atoms with Gasteiger partial charge in [0.2, 0.25) is 5.91 Å². The number of likely N-dealkylation sites (N-methyl/N-ethyl adjacent to an activating group) is 2. The van der Waals surface area contributed by atoms with Crippen LogP contribution in [0.3, 0.4) is 0 Å². The van der Waals surface area contributed by atoms with Crippen LogP contribution in [0, 0.1) is 0 Å². The molecule has 1 heterocycles. The van der Waals surface area contributed by atoms with Gasteiger partial charge in [-0.25, -0.2) is 0 Å². The highest BCUT2D eigenvalue weighted by Gasteiger charge is 2.39. The van der Waals surface area contributed by atoms with Crippen LogP contribution in [0.5, 0.6) is 0 Å². The number of halogens is 1. The summed E-state index contributed by atoms with van der Waals surface area (Å²) in [6.07, 6.45) is -0.709. The number of amides is 2. The molecule has 5 nitrogen and oxygen atoms in total. The summed E-state index contributed by atoms with van der Waals surface area (Å²) >= 11 is 5.87. The Kier molecular flexibility index (Phi) is 4.62. The van der Waals surface area contributed by atoms with Crippen LogP contribution in [-0.4, -0.2) is 43.0 Å². The number of rotatable bonds is 3. The molecule has 1 saturated heterocycles. The summed E-state index contributed by atoms with van der Waals surface area (Å²) in [6, 6.07) is 6.63. The Labute approximate surface area is 122 Å². The normalized spacial score (nSPS) is 22.8. The van der Waals surface area contributed by atoms with Crippen LogP contribution < -0.4 is 5.32 Å². The average Bonchev–Trinajstić information content (AvgIpc) is 2.43. The lowest BCUT2D eigenvalue weighted by atomic mass is 9.97. The quantitative estimate of drug-likeness (QED) is 0.916. The summed E-state index contributed by atoms with van der Waals surface area (Å²) in [4.78, 5) is 25.5. The molecule has 1 N–H and O–H groups in total. The summed E-state index contributed by atoms with van der Waals surface area (Å²) < 4.78 is 5.44. The molecule has 0 bridgehead atoms. The van der Waals surface area contributed by atoms with E-state index < -0.39 is 12.1 Å². The highest BCUT2D eigenvalue weighted by Crippen LogP contribution is 2.29. The molecule has 6 heteroatoms. The largest absolute Gasteiger partial charge is 0.356 e. The maximum absolute atomic E-state index is 12.1. The Morgan fingerprint density at radius 2 is 2.10 bits per heavy atom. The molecule has 108 valence electrons. The van der Waals surface area contributed by atoms with Crippen molar-refractivity contribution in [2.45, 2.75) is 19.1 Å². The molecule has 1 fully saturated rings. The van der Waals surface area contributed by atoms with Crippen LogP contribution in [0.25, 0.3) is 0 Å². The van der Waals surface area contributed by atoms with Gasteiger partial charge >= 0.3 is 0 Å². The molecule has 2 unspecified atom stereocenters. The first-order chi connectivity index (χ1) is 9.54. The molecule has 0 radical (unpaired) electrons. The van der Waals surface area contributed by atoms with Crippen molar-refractivity contribution in [2.75, 3.05) is 20.2 Å². The molecule has 0 aliphatic carbocycles. The van der Waals surface area contributed by atoms with Crippen LogP contribution in [0.1, 0.15) is 18.5 Å². The first-order valence-corrected chi connectivity index (χ1v) is 6.82. The van der Waals surface area contributed by atoms with Gasteiger partial charge in [-0.15, -0.1) is 0 Å². The van der Waals surface area contributed by atoms with Gasteiger partial charge in [-0.1, -0.05) is 23.7 Å². The van der Waals surface area contributed by atoms with E-state index in [1.165, 1.54) is 0 Å². The third kappa shape index (κ3) is 2.94. The summed E-state index contributed by atoms with van der Waals surface area (Å²) in [5, 5.41) is 3.34. The van der Waals surface area contributed by atoms with Gasteiger partial charge in [0.25, 0.3) is 5.91 Å². The standard InChI is InChI=1S/C14H17ClN2O3/c1-3-16-14(19)13-12(17(2)11(18)8-20-13)9-4-6-10(15)7-5-9/h4-7,12-13H,3,8H2,1-2H3,(H,16,19). The zero-order valence-corrected chi connectivity index (χ0v) is 12.2. The first kappa shape index (κ1) is 14.8. The zero-order chi connectivity index (χ0) is 14.7. The number of carbonyl (C=O) groups excluding carboxylic acids is 2. The van der Waals surface area contributed by atoms with Crippen LogP contribution in [0.2, 0.25) is 5.02 Å². The molecule has 0 spiro atoms. The van der Waals surface area contributed by atoms with Gasteiger partial charge in [-0.2, -0.15) is 0 Å². The van der Waals surface area contributed by atoms with Crippen molar-refractivity contribution in [2.24, 2.45) is 0 Å². The van der Waals surface area contributed by atoms with E-state index in [0.717, 1.165) is 5.56 Å².